The SMILES string of the molecule is O=C(O)C1CN(c2ncc([N+](=O)[O-])cn2)C1. The van der Waals surface area contributed by atoms with Gasteiger partial charge in [0.2, 0.25) is 5.95 Å². The van der Waals surface area contributed by atoms with Gasteiger partial charge in [0.05, 0.1) is 10.8 Å². The molecule has 8 nitrogen and oxygen atoms in total. The fraction of sp³-hybridized carbons (Fsp3) is 0.375. The number of carboxylic acid groups (broad SMARTS) is 1. The van der Waals surface area contributed by atoms with Crippen molar-refractivity contribution in [2.75, 3.05) is 18.0 Å². The van der Waals surface area contributed by atoms with Crippen LogP contribution in [-0.4, -0.2) is 39.1 Å². The van der Waals surface area contributed by atoms with E-state index in [9.17, 15) is 14.9 Å². The van der Waals surface area contributed by atoms with Crippen LogP contribution in [0.3, 0.4) is 0 Å². The number of hydrogen-bond acceptors (Lipinski definition) is 6. The Morgan fingerprint density at radius 1 is 1.50 bits per heavy atom. The van der Waals surface area contributed by atoms with Gasteiger partial charge in [0.25, 0.3) is 0 Å². The van der Waals surface area contributed by atoms with Gasteiger partial charge >= 0.3 is 11.7 Å². The average Bonchev–Trinajstić information content (AvgIpc) is 2.15. The first-order valence-electron chi connectivity index (χ1n) is 4.52. The van der Waals surface area contributed by atoms with Crippen LogP contribution in [0.25, 0.3) is 0 Å². The summed E-state index contributed by atoms with van der Waals surface area (Å²) >= 11 is 0. The van der Waals surface area contributed by atoms with E-state index in [2.05, 4.69) is 9.97 Å². The largest absolute Gasteiger partial charge is 0.481 e. The molecule has 0 aromatic carbocycles. The van der Waals surface area contributed by atoms with Gasteiger partial charge in [-0.1, -0.05) is 0 Å². The Balaban J connectivity index is 2.02. The topological polar surface area (TPSA) is 109 Å². The number of nitro groups is 1. The number of nitrogens with zero attached hydrogens (tertiary/aromatic N) is 4. The van der Waals surface area contributed by atoms with Crippen LogP contribution in [0.4, 0.5) is 11.6 Å². The van der Waals surface area contributed by atoms with Gasteiger partial charge in [-0.2, -0.15) is 0 Å². The van der Waals surface area contributed by atoms with E-state index in [1.165, 1.54) is 0 Å². The molecule has 1 aliphatic rings. The minimum absolute atomic E-state index is 0.181. The summed E-state index contributed by atoms with van der Waals surface area (Å²) in [5.74, 6) is -0.931. The third-order valence-corrected chi connectivity index (χ3v) is 2.35. The number of rotatable bonds is 3. The maximum atomic E-state index is 10.5. The quantitative estimate of drug-likeness (QED) is 0.564. The van der Waals surface area contributed by atoms with Gasteiger partial charge in [0, 0.05) is 13.1 Å². The van der Waals surface area contributed by atoms with Gasteiger partial charge in [0.1, 0.15) is 12.4 Å². The second-order valence-electron chi connectivity index (χ2n) is 3.44. The van der Waals surface area contributed by atoms with Gasteiger partial charge in [-0.25, -0.2) is 9.97 Å². The van der Waals surface area contributed by atoms with E-state index in [4.69, 9.17) is 5.11 Å². The minimum Gasteiger partial charge on any atom is -0.481 e. The van der Waals surface area contributed by atoms with E-state index in [0.717, 1.165) is 12.4 Å². The molecular formula is C8H8N4O4. The molecule has 0 saturated carbocycles. The molecule has 2 rings (SSSR count). The highest BCUT2D eigenvalue weighted by atomic mass is 16.6. The van der Waals surface area contributed by atoms with Crippen LogP contribution < -0.4 is 4.90 Å². The van der Waals surface area contributed by atoms with Crippen LogP contribution in [0.15, 0.2) is 12.4 Å². The lowest BCUT2D eigenvalue weighted by Crippen LogP contribution is -2.51. The maximum absolute atomic E-state index is 10.5. The van der Waals surface area contributed by atoms with Crippen molar-refractivity contribution < 1.29 is 14.8 Å². The van der Waals surface area contributed by atoms with Gasteiger partial charge in [0.15, 0.2) is 0 Å². The molecule has 0 amide bonds. The second kappa shape index (κ2) is 3.72. The number of aliphatic carboxylic acids is 1. The molecule has 0 aliphatic carbocycles. The zero-order chi connectivity index (χ0) is 11.7. The Kier molecular flexibility index (Phi) is 2.39. The molecule has 0 bridgehead atoms. The van der Waals surface area contributed by atoms with Crippen LogP contribution in [0.2, 0.25) is 0 Å². The summed E-state index contributed by atoms with van der Waals surface area (Å²) in [4.78, 5) is 29.6. The molecule has 1 saturated heterocycles. The second-order valence-corrected chi connectivity index (χ2v) is 3.44. The molecule has 0 radical (unpaired) electrons. The lowest BCUT2D eigenvalue weighted by atomic mass is 10.0. The summed E-state index contributed by atoms with van der Waals surface area (Å²) in [6.45, 7) is 0.681. The van der Waals surface area contributed by atoms with Crippen LogP contribution >= 0.6 is 0 Å². The Labute approximate surface area is 89.7 Å². The molecule has 1 aromatic heterocycles. The van der Waals surface area contributed by atoms with Crippen molar-refractivity contribution in [2.45, 2.75) is 0 Å². The summed E-state index contributed by atoms with van der Waals surface area (Å²) in [7, 11) is 0. The fourth-order valence-electron chi connectivity index (χ4n) is 1.37. The van der Waals surface area contributed by atoms with E-state index in [-0.39, 0.29) is 5.69 Å². The first-order chi connectivity index (χ1) is 7.58. The fourth-order valence-corrected chi connectivity index (χ4v) is 1.37. The predicted molar refractivity (Wildman–Crippen MR) is 52.0 cm³/mol. The molecule has 1 aliphatic heterocycles. The highest BCUT2D eigenvalue weighted by Gasteiger charge is 2.34. The monoisotopic (exact) mass is 224 g/mol. The molecule has 84 valence electrons. The van der Waals surface area contributed by atoms with Crippen LogP contribution in [0.1, 0.15) is 0 Å². The summed E-state index contributed by atoms with van der Waals surface area (Å²) in [5, 5.41) is 19.0. The number of anilines is 1. The van der Waals surface area contributed by atoms with E-state index in [0.29, 0.717) is 19.0 Å². The first kappa shape index (κ1) is 10.3. The third-order valence-electron chi connectivity index (χ3n) is 2.35. The molecule has 1 fully saturated rings. The lowest BCUT2D eigenvalue weighted by molar-refractivity contribution is -0.385. The molecule has 1 aromatic rings. The Bertz CT molecular complexity index is 426. The predicted octanol–water partition coefficient (Wildman–Crippen LogP) is -0.0944. The minimum atomic E-state index is -0.849. The molecule has 16 heavy (non-hydrogen) atoms. The summed E-state index contributed by atoms with van der Waals surface area (Å²) in [6.07, 6.45) is 2.22. The average molecular weight is 224 g/mol. The van der Waals surface area contributed by atoms with E-state index >= 15 is 0 Å². The highest BCUT2D eigenvalue weighted by Crippen LogP contribution is 2.21. The summed E-state index contributed by atoms with van der Waals surface area (Å²) in [6, 6.07) is 0. The van der Waals surface area contributed by atoms with Crippen LogP contribution in [0, 0.1) is 16.0 Å². The highest BCUT2D eigenvalue weighted by molar-refractivity contribution is 5.73. The Morgan fingerprint density at radius 3 is 2.50 bits per heavy atom. The first-order valence-corrected chi connectivity index (χ1v) is 4.52. The standard InChI is InChI=1S/C8H8N4O4/c13-7(14)5-3-11(4-5)8-9-1-6(2-10-8)12(15)16/h1-2,5H,3-4H2,(H,13,14). The van der Waals surface area contributed by atoms with Gasteiger partial charge in [-0.05, 0) is 0 Å². The summed E-state index contributed by atoms with van der Waals surface area (Å²) < 4.78 is 0. The normalized spacial score (nSPS) is 15.6. The summed E-state index contributed by atoms with van der Waals surface area (Å²) in [5.41, 5.74) is -0.181. The Hall–Kier alpha value is -2.25. The van der Waals surface area contributed by atoms with E-state index in [1.807, 2.05) is 0 Å². The molecule has 1 N–H and O–H groups in total. The van der Waals surface area contributed by atoms with Gasteiger partial charge < -0.3 is 10.0 Å². The maximum Gasteiger partial charge on any atom is 0.310 e. The number of aromatic nitrogens is 2. The van der Waals surface area contributed by atoms with Crippen molar-refractivity contribution in [1.29, 1.82) is 0 Å². The zero-order valence-corrected chi connectivity index (χ0v) is 8.11. The van der Waals surface area contributed by atoms with Crippen LogP contribution in [0.5, 0.6) is 0 Å². The van der Waals surface area contributed by atoms with Crippen molar-refractivity contribution in [3.05, 3.63) is 22.5 Å². The third kappa shape index (κ3) is 1.76. The van der Waals surface area contributed by atoms with E-state index < -0.39 is 16.8 Å². The van der Waals surface area contributed by atoms with Crippen LogP contribution in [-0.2, 0) is 4.79 Å². The van der Waals surface area contributed by atoms with E-state index in [1.54, 1.807) is 4.90 Å². The molecular weight excluding hydrogens is 216 g/mol. The number of carboxylic acids is 1. The lowest BCUT2D eigenvalue weighted by Gasteiger charge is -2.36. The van der Waals surface area contributed by atoms with Gasteiger partial charge in [-0.3, -0.25) is 14.9 Å². The Morgan fingerprint density at radius 2 is 2.06 bits per heavy atom. The van der Waals surface area contributed by atoms with Crippen molar-refractivity contribution in [1.82, 2.24) is 9.97 Å². The molecule has 0 atom stereocenters. The molecule has 0 unspecified atom stereocenters. The zero-order valence-electron chi connectivity index (χ0n) is 8.11. The molecule has 2 heterocycles. The van der Waals surface area contributed by atoms with Crippen molar-refractivity contribution in [2.24, 2.45) is 5.92 Å². The molecule has 0 spiro atoms. The van der Waals surface area contributed by atoms with Gasteiger partial charge in [-0.15, -0.1) is 0 Å². The van der Waals surface area contributed by atoms with Crippen molar-refractivity contribution >= 4 is 17.6 Å². The van der Waals surface area contributed by atoms with Crippen molar-refractivity contribution in [3.8, 4) is 0 Å². The number of hydrogen-bond donors (Lipinski definition) is 1. The smallest absolute Gasteiger partial charge is 0.310 e. The number of carbonyl (C=O) groups is 1. The molecule has 8 heteroatoms. The van der Waals surface area contributed by atoms with Crippen molar-refractivity contribution in [3.63, 3.8) is 0 Å².